The van der Waals surface area contributed by atoms with Crippen LogP contribution < -0.4 is 33.2 Å². The van der Waals surface area contributed by atoms with Crippen LogP contribution in [0.4, 0.5) is 0 Å². The number of allylic oxidation sites excluding steroid dienone is 1. The Bertz CT molecular complexity index is 4330. The minimum Gasteiger partial charge on any atom is -0.491 e. The molecule has 12 nitrogen and oxygen atoms in total. The van der Waals surface area contributed by atoms with E-state index < -0.39 is 0 Å². The van der Waals surface area contributed by atoms with Gasteiger partial charge < -0.3 is 56.8 Å². The van der Waals surface area contributed by atoms with Crippen LogP contribution >= 0.6 is 0 Å². The SMILES string of the molecule is C=C(C)c1ccc(OC(C)OCCOc2ccc(Oc3ccccc3)cc2)cc1.C=Cc1ccc(OC(C)OC23CC4CC(CC(C4)C2)C3)cc1.C=Cc1ccc(OC(C)OCC23CC4CC(CC(C4)C2)C3)cc1.C=Cc1ccc(OC(C)OCCC2CC3CC2C2C4CCC(C4)C32)cc1.C=Cc1ccc(OC(C)OCCC2CC3CCC2C3)cc1. The topological polar surface area (TPSA) is 111 Å². The first-order valence-corrected chi connectivity index (χ1v) is 46.4. The van der Waals surface area contributed by atoms with Gasteiger partial charge in [0.2, 0.25) is 0 Å². The summed E-state index contributed by atoms with van der Waals surface area (Å²) in [6.07, 6.45) is 38.9. The summed E-state index contributed by atoms with van der Waals surface area (Å²) in [5, 5.41) is 0. The van der Waals surface area contributed by atoms with Gasteiger partial charge in [0, 0.05) is 0 Å². The number of para-hydroxylation sites is 1. The third-order valence-electron chi connectivity index (χ3n) is 29.5. The van der Waals surface area contributed by atoms with Crippen LogP contribution in [0.5, 0.6) is 46.0 Å². The molecule has 15 atom stereocenters. The highest BCUT2D eigenvalue weighted by molar-refractivity contribution is 5.62. The minimum atomic E-state index is -0.365. The van der Waals surface area contributed by atoms with Gasteiger partial charge in [-0.25, -0.2) is 0 Å². The first kappa shape index (κ1) is 87.5. The van der Waals surface area contributed by atoms with Crippen LogP contribution in [0.2, 0.25) is 0 Å². The molecule has 14 aliphatic carbocycles. The molecule has 121 heavy (non-hydrogen) atoms. The van der Waals surface area contributed by atoms with Crippen LogP contribution in [0, 0.1) is 100 Å². The maximum Gasteiger partial charge on any atom is 0.197 e. The third kappa shape index (κ3) is 23.8. The molecule has 0 aromatic heterocycles. The van der Waals surface area contributed by atoms with Crippen molar-refractivity contribution in [2.75, 3.05) is 33.0 Å². The van der Waals surface area contributed by atoms with E-state index in [1.807, 2.05) is 242 Å². The van der Waals surface area contributed by atoms with Crippen molar-refractivity contribution in [2.45, 2.75) is 226 Å². The molecule has 0 amide bonds. The van der Waals surface area contributed by atoms with Crippen molar-refractivity contribution < 1.29 is 56.8 Å². The van der Waals surface area contributed by atoms with Crippen LogP contribution in [0.25, 0.3) is 29.9 Å². The maximum atomic E-state index is 6.47. The van der Waals surface area contributed by atoms with Crippen molar-refractivity contribution in [3.05, 3.63) is 237 Å². The average molecular weight is 1640 g/mol. The van der Waals surface area contributed by atoms with Crippen molar-refractivity contribution in [1.82, 2.24) is 0 Å². The van der Waals surface area contributed by atoms with Gasteiger partial charge in [0.15, 0.2) is 31.5 Å². The van der Waals surface area contributed by atoms with Crippen molar-refractivity contribution in [2.24, 2.45) is 100 Å². The largest absolute Gasteiger partial charge is 0.491 e. The highest BCUT2D eigenvalue weighted by atomic mass is 16.7. The van der Waals surface area contributed by atoms with Gasteiger partial charge >= 0.3 is 0 Å². The molecule has 14 fully saturated rings. The second kappa shape index (κ2) is 41.4. The molecule has 7 aromatic rings. The van der Waals surface area contributed by atoms with E-state index in [2.05, 4.69) is 32.9 Å². The average Bonchev–Trinajstić information content (AvgIpc) is 1.56. The van der Waals surface area contributed by atoms with Crippen molar-refractivity contribution in [3.63, 3.8) is 0 Å². The molecule has 7 aromatic carbocycles. The summed E-state index contributed by atoms with van der Waals surface area (Å²) in [6.45, 7) is 34.3. The molecule has 0 N–H and O–H groups in total. The fourth-order valence-electron chi connectivity index (χ4n) is 25.1. The molecule has 0 saturated heterocycles. The van der Waals surface area contributed by atoms with E-state index >= 15 is 0 Å². The number of fused-ring (bicyclic) bond motifs is 11. The standard InChI is InChI=1S/C25H26O4.C24H32O2.C21H28O2.C20H26O2.C19H26O2/c1-19(2)21-9-11-24(12-10-21)28-20(3)26-17-18-27-22-13-15-25(16-14-22)29-23-7-5-4-6-8-23;1-3-16-4-8-21(9-5-16)26-15(2)25-11-10-17-12-20-14-22(17)24-19-7-6-18(13-19)23(20)24;1-3-16-4-6-20(7-5-16)23-15(2)22-14-21-11-17-8-18(12-21)10-19(9-17)13-21;1-3-15-4-6-19(7-5-15)21-14(2)22-20-11-16-8-17(12-20)10-18(9-16)13-20;1-3-15-5-8-19(9-6-15)21-14(2)20-11-10-18-13-16-4-7-17(18)12-16/h4-16,20H,1,17-18H2,2-3H3;3-5,8-9,15,17-20,22-24H,1,6-7,10-14H2,2H3;3-7,15,17-19H,1,8-14H2,2H3;3-7,14,16-18H,1,8-13H2,2H3;3,5-6,8-9,14,16-18H,1,4,7,10-13H2,2H3. The predicted octanol–water partition coefficient (Wildman–Crippen LogP) is 27.3. The van der Waals surface area contributed by atoms with Gasteiger partial charge in [0.05, 0.1) is 32.0 Å². The normalized spacial score (nSPS) is 30.0. The Morgan fingerprint density at radius 3 is 1.19 bits per heavy atom. The fraction of sp³-hybridized carbons (Fsp3) is 0.523. The van der Waals surface area contributed by atoms with Crippen LogP contribution in [0.15, 0.2) is 209 Å². The molecule has 15 unspecified atom stereocenters. The van der Waals surface area contributed by atoms with Crippen LogP contribution in [0.3, 0.4) is 0 Å². The van der Waals surface area contributed by atoms with Gasteiger partial charge in [0.25, 0.3) is 0 Å². The van der Waals surface area contributed by atoms with Crippen LogP contribution in [0.1, 0.15) is 217 Å². The summed E-state index contributed by atoms with van der Waals surface area (Å²) in [5.74, 6) is 22.5. The van der Waals surface area contributed by atoms with Crippen LogP contribution in [-0.2, 0) is 23.7 Å². The summed E-state index contributed by atoms with van der Waals surface area (Å²) < 4.78 is 70.9. The summed E-state index contributed by atoms with van der Waals surface area (Å²) in [4.78, 5) is 0. The van der Waals surface area contributed by atoms with E-state index in [0.29, 0.717) is 18.6 Å². The van der Waals surface area contributed by atoms with E-state index in [1.54, 1.807) is 12.8 Å². The molecule has 0 spiro atoms. The van der Waals surface area contributed by atoms with Crippen molar-refractivity contribution in [3.8, 4) is 46.0 Å². The number of rotatable bonds is 35. The summed E-state index contributed by atoms with van der Waals surface area (Å²) in [6, 6.07) is 57.0. The predicted molar refractivity (Wildman–Crippen MR) is 488 cm³/mol. The Labute approximate surface area is 724 Å². The van der Waals surface area contributed by atoms with Gasteiger partial charge in [-0.15, -0.1) is 0 Å². The molecule has 14 saturated carbocycles. The molecule has 0 radical (unpaired) electrons. The Morgan fingerprint density at radius 1 is 0.347 bits per heavy atom. The monoisotopic (exact) mass is 1640 g/mol. The highest BCUT2D eigenvalue weighted by Gasteiger charge is 2.62. The van der Waals surface area contributed by atoms with Gasteiger partial charge in [-0.1, -0.05) is 148 Å². The van der Waals surface area contributed by atoms with Crippen molar-refractivity contribution in [1.29, 1.82) is 0 Å². The maximum absolute atomic E-state index is 6.47. The number of benzene rings is 7. The lowest BCUT2D eigenvalue weighted by atomic mass is 9.50. The van der Waals surface area contributed by atoms with E-state index in [1.165, 1.54) is 135 Å². The first-order valence-electron chi connectivity index (χ1n) is 46.4. The zero-order valence-corrected chi connectivity index (χ0v) is 73.4. The fourth-order valence-corrected chi connectivity index (χ4v) is 25.1. The molecule has 14 aliphatic rings. The lowest BCUT2D eigenvalue weighted by molar-refractivity contribution is -0.225. The molecule has 12 heteroatoms. The second-order valence-electron chi connectivity index (χ2n) is 38.3. The van der Waals surface area contributed by atoms with Crippen molar-refractivity contribution >= 4 is 29.9 Å². The Morgan fingerprint density at radius 2 is 0.744 bits per heavy atom. The lowest BCUT2D eigenvalue weighted by Crippen LogP contribution is -2.53. The molecular formula is C109H138O12. The highest BCUT2D eigenvalue weighted by Crippen LogP contribution is 2.69. The quantitative estimate of drug-likeness (QED) is 0.0214. The molecule has 14 bridgehead atoms. The molecule has 0 heterocycles. The van der Waals surface area contributed by atoms with Gasteiger partial charge in [-0.3, -0.25) is 0 Å². The van der Waals surface area contributed by atoms with Crippen LogP contribution in [-0.4, -0.2) is 70.1 Å². The summed E-state index contributed by atoms with van der Waals surface area (Å²) in [5.41, 5.74) is 7.13. The Hall–Kier alpha value is -8.36. The Kier molecular flexibility index (Phi) is 30.0. The van der Waals surface area contributed by atoms with Gasteiger partial charge in [-0.2, -0.15) is 0 Å². The molecule has 21 rings (SSSR count). The van der Waals surface area contributed by atoms with E-state index in [4.69, 9.17) is 56.8 Å². The number of hydrogen-bond acceptors (Lipinski definition) is 12. The third-order valence-corrected chi connectivity index (χ3v) is 29.5. The van der Waals surface area contributed by atoms with Gasteiger partial charge in [0.1, 0.15) is 52.6 Å². The molecule has 0 aliphatic heterocycles. The lowest BCUT2D eigenvalue weighted by Gasteiger charge is -2.56. The first-order chi connectivity index (χ1) is 58.8. The van der Waals surface area contributed by atoms with E-state index in [0.717, 1.165) is 194 Å². The minimum absolute atomic E-state index is 0.106. The van der Waals surface area contributed by atoms with E-state index in [-0.39, 0.29) is 37.1 Å². The number of hydrogen-bond donors (Lipinski definition) is 0. The molecule has 646 valence electrons. The molecular weight excluding hydrogens is 1500 g/mol. The number of ether oxygens (including phenoxy) is 12. The summed E-state index contributed by atoms with van der Waals surface area (Å²) in [7, 11) is 0. The zero-order valence-electron chi connectivity index (χ0n) is 73.4. The Balaban J connectivity index is 0.000000118. The van der Waals surface area contributed by atoms with Gasteiger partial charge in [-0.05, 0) is 408 Å². The van der Waals surface area contributed by atoms with E-state index in [9.17, 15) is 0 Å². The smallest absolute Gasteiger partial charge is 0.197 e. The zero-order chi connectivity index (χ0) is 83.8. The summed E-state index contributed by atoms with van der Waals surface area (Å²) >= 11 is 0. The second-order valence-corrected chi connectivity index (χ2v) is 38.3.